The van der Waals surface area contributed by atoms with Gasteiger partial charge in [-0.15, -0.1) is 16.4 Å². The number of carbonyl (C=O) groups excluding carboxylic acids is 2. The Bertz CT molecular complexity index is 2090. The molecule has 0 bridgehead atoms. The standard InChI is InChI=1S/C37H29Cl2FN6O2S/c38-27-13-24(14-28(39)18-27)32(12-22-6-8-29(40)9-7-22)43-36(47)25-15-30(16-25)42-37(48)26-17-31(20-41-19-26)46-21-33(44-45-46)35-11-10-34(49-35)23-4-2-1-3-5-23/h1-11,13-14,17-21,25,30,32H,12,15-16H2,(H,42,48)(H,43,47). The van der Waals surface area contributed by atoms with Crippen LogP contribution >= 0.6 is 34.5 Å². The number of rotatable bonds is 10. The molecule has 1 atom stereocenters. The molecule has 6 aromatic rings. The van der Waals surface area contributed by atoms with E-state index in [0.29, 0.717) is 40.6 Å². The van der Waals surface area contributed by atoms with Gasteiger partial charge in [0.25, 0.3) is 5.91 Å². The number of hydrogen-bond acceptors (Lipinski definition) is 6. The van der Waals surface area contributed by atoms with Gasteiger partial charge in [-0.05, 0) is 84.5 Å². The van der Waals surface area contributed by atoms with E-state index in [1.807, 2.05) is 30.5 Å². The normalized spacial score (nSPS) is 16.1. The highest BCUT2D eigenvalue weighted by Crippen LogP contribution is 2.34. The zero-order valence-electron chi connectivity index (χ0n) is 25.9. The average Bonchev–Trinajstić information content (AvgIpc) is 3.78. The van der Waals surface area contributed by atoms with E-state index < -0.39 is 6.04 Å². The number of hydrogen-bond donors (Lipinski definition) is 2. The van der Waals surface area contributed by atoms with Crippen LogP contribution in [-0.4, -0.2) is 37.8 Å². The molecule has 0 saturated heterocycles. The minimum Gasteiger partial charge on any atom is -0.349 e. The maximum Gasteiger partial charge on any atom is 0.253 e. The Morgan fingerprint density at radius 3 is 2.41 bits per heavy atom. The highest BCUT2D eigenvalue weighted by Gasteiger charge is 2.36. The van der Waals surface area contributed by atoms with Crippen LogP contribution in [0.1, 0.15) is 40.4 Å². The second-order valence-electron chi connectivity index (χ2n) is 11.9. The number of thiophene rings is 1. The molecular formula is C37H29Cl2FN6O2S. The van der Waals surface area contributed by atoms with Gasteiger partial charge >= 0.3 is 0 Å². The third-order valence-corrected chi connectivity index (χ3v) is 10.1. The van der Waals surface area contributed by atoms with Gasteiger partial charge in [0, 0.05) is 33.1 Å². The van der Waals surface area contributed by atoms with E-state index in [1.54, 1.807) is 58.6 Å². The number of amides is 2. The van der Waals surface area contributed by atoms with E-state index in [9.17, 15) is 14.0 Å². The Hall–Kier alpha value is -4.90. The monoisotopic (exact) mass is 710 g/mol. The summed E-state index contributed by atoms with van der Waals surface area (Å²) >= 11 is 14.2. The lowest BCUT2D eigenvalue weighted by Gasteiger charge is -2.36. The van der Waals surface area contributed by atoms with Crippen molar-refractivity contribution < 1.29 is 14.0 Å². The fraction of sp³-hybridized carbons (Fsp3) is 0.162. The summed E-state index contributed by atoms with van der Waals surface area (Å²) < 4.78 is 15.1. The quantitative estimate of drug-likeness (QED) is 0.150. The first-order valence-electron chi connectivity index (χ1n) is 15.6. The van der Waals surface area contributed by atoms with Crippen LogP contribution < -0.4 is 10.6 Å². The lowest BCUT2D eigenvalue weighted by molar-refractivity contribution is -0.129. The number of aromatic nitrogens is 4. The third-order valence-electron chi connectivity index (χ3n) is 8.46. The molecule has 8 nitrogen and oxygen atoms in total. The number of nitrogens with zero attached hydrogens (tertiary/aromatic N) is 4. The summed E-state index contributed by atoms with van der Waals surface area (Å²) in [6, 6.07) is 26.7. The maximum atomic E-state index is 13.5. The lowest BCUT2D eigenvalue weighted by atomic mass is 9.79. The summed E-state index contributed by atoms with van der Waals surface area (Å²) in [6.07, 6.45) is 6.34. The predicted octanol–water partition coefficient (Wildman–Crippen LogP) is 8.11. The Kier molecular flexibility index (Phi) is 9.52. The Morgan fingerprint density at radius 2 is 1.65 bits per heavy atom. The smallest absolute Gasteiger partial charge is 0.253 e. The van der Waals surface area contributed by atoms with E-state index in [-0.39, 0.29) is 29.6 Å². The first kappa shape index (κ1) is 32.6. The van der Waals surface area contributed by atoms with Crippen LogP contribution in [0.3, 0.4) is 0 Å². The van der Waals surface area contributed by atoms with Gasteiger partial charge in [-0.3, -0.25) is 14.6 Å². The van der Waals surface area contributed by atoms with Gasteiger partial charge in [-0.1, -0.05) is 70.9 Å². The van der Waals surface area contributed by atoms with Gasteiger partial charge in [0.15, 0.2) is 0 Å². The fourth-order valence-electron chi connectivity index (χ4n) is 5.81. The molecule has 0 spiro atoms. The zero-order chi connectivity index (χ0) is 33.9. The Labute approximate surface area is 295 Å². The van der Waals surface area contributed by atoms with Gasteiger partial charge in [0.2, 0.25) is 5.91 Å². The van der Waals surface area contributed by atoms with Crippen molar-refractivity contribution in [2.45, 2.75) is 31.3 Å². The molecule has 0 aliphatic heterocycles. The van der Waals surface area contributed by atoms with Crippen molar-refractivity contribution in [3.8, 4) is 26.7 Å². The average molecular weight is 712 g/mol. The summed E-state index contributed by atoms with van der Waals surface area (Å²) in [5.41, 5.74) is 4.44. The summed E-state index contributed by atoms with van der Waals surface area (Å²) in [5.74, 6) is -1.04. The largest absolute Gasteiger partial charge is 0.349 e. The number of nitrogens with one attached hydrogen (secondary N) is 2. The van der Waals surface area contributed by atoms with E-state index in [2.05, 4.69) is 44.1 Å². The zero-order valence-corrected chi connectivity index (χ0v) is 28.2. The minimum absolute atomic E-state index is 0.138. The van der Waals surface area contributed by atoms with E-state index in [1.165, 1.54) is 18.3 Å². The van der Waals surface area contributed by atoms with Crippen LogP contribution in [0.2, 0.25) is 10.0 Å². The number of benzene rings is 3. The van der Waals surface area contributed by atoms with Crippen LogP contribution in [0.5, 0.6) is 0 Å². The maximum absolute atomic E-state index is 13.5. The molecule has 3 heterocycles. The number of pyridine rings is 1. The molecule has 2 N–H and O–H groups in total. The fourth-order valence-corrected chi connectivity index (χ4v) is 7.31. The highest BCUT2D eigenvalue weighted by atomic mass is 35.5. The van der Waals surface area contributed by atoms with Crippen molar-refractivity contribution in [2.24, 2.45) is 5.92 Å². The molecule has 7 rings (SSSR count). The molecule has 0 radical (unpaired) electrons. The van der Waals surface area contributed by atoms with E-state index in [0.717, 1.165) is 32.1 Å². The summed E-state index contributed by atoms with van der Waals surface area (Å²) in [5, 5.41) is 15.7. The first-order valence-corrected chi connectivity index (χ1v) is 17.2. The van der Waals surface area contributed by atoms with E-state index >= 15 is 0 Å². The van der Waals surface area contributed by atoms with Crippen molar-refractivity contribution in [2.75, 3.05) is 0 Å². The Morgan fingerprint density at radius 1 is 0.918 bits per heavy atom. The van der Waals surface area contributed by atoms with Crippen LogP contribution in [0.4, 0.5) is 4.39 Å². The van der Waals surface area contributed by atoms with Crippen LogP contribution in [0.25, 0.3) is 26.7 Å². The number of halogens is 3. The molecule has 1 aliphatic carbocycles. The second kappa shape index (κ2) is 14.3. The van der Waals surface area contributed by atoms with Gasteiger partial charge in [0.1, 0.15) is 11.5 Å². The molecule has 12 heteroatoms. The van der Waals surface area contributed by atoms with E-state index in [4.69, 9.17) is 23.2 Å². The van der Waals surface area contributed by atoms with Gasteiger partial charge in [0.05, 0.1) is 34.6 Å². The van der Waals surface area contributed by atoms with Gasteiger partial charge in [-0.2, -0.15) is 0 Å². The minimum atomic E-state index is -0.431. The highest BCUT2D eigenvalue weighted by molar-refractivity contribution is 7.18. The molecule has 1 saturated carbocycles. The van der Waals surface area contributed by atoms with Crippen LogP contribution in [0, 0.1) is 11.7 Å². The lowest BCUT2D eigenvalue weighted by Crippen LogP contribution is -2.50. The predicted molar refractivity (Wildman–Crippen MR) is 189 cm³/mol. The van der Waals surface area contributed by atoms with Gasteiger partial charge < -0.3 is 10.6 Å². The summed E-state index contributed by atoms with van der Waals surface area (Å²) in [4.78, 5) is 32.9. The Balaban J connectivity index is 0.964. The SMILES string of the molecule is O=C(NC1CC(C(=O)NC(Cc2ccc(F)cc2)c2cc(Cl)cc(Cl)c2)C1)c1cncc(-n2cc(-c3ccc(-c4ccccc4)s3)nn2)c1. The molecular weight excluding hydrogens is 682 g/mol. The molecule has 2 amide bonds. The molecule has 49 heavy (non-hydrogen) atoms. The van der Waals surface area contributed by atoms with Crippen molar-refractivity contribution in [1.29, 1.82) is 0 Å². The summed E-state index contributed by atoms with van der Waals surface area (Å²) in [6.45, 7) is 0. The molecule has 1 aliphatic rings. The second-order valence-corrected chi connectivity index (χ2v) is 13.9. The topological polar surface area (TPSA) is 102 Å². The summed E-state index contributed by atoms with van der Waals surface area (Å²) in [7, 11) is 0. The van der Waals surface area contributed by atoms with Crippen LogP contribution in [-0.2, 0) is 11.2 Å². The first-order chi connectivity index (χ1) is 23.8. The van der Waals surface area contributed by atoms with Crippen molar-refractivity contribution in [3.05, 3.63) is 142 Å². The van der Waals surface area contributed by atoms with Gasteiger partial charge in [-0.25, -0.2) is 9.07 Å². The molecule has 1 fully saturated rings. The molecule has 3 aromatic heterocycles. The van der Waals surface area contributed by atoms with Crippen molar-refractivity contribution in [1.82, 2.24) is 30.6 Å². The molecule has 246 valence electrons. The molecule has 3 aromatic carbocycles. The van der Waals surface area contributed by atoms with Crippen LogP contribution in [0.15, 0.2) is 110 Å². The van der Waals surface area contributed by atoms with Crippen molar-refractivity contribution in [3.63, 3.8) is 0 Å². The molecule has 1 unspecified atom stereocenters. The van der Waals surface area contributed by atoms with Crippen molar-refractivity contribution >= 4 is 46.4 Å². The third kappa shape index (κ3) is 7.72. The number of carbonyl (C=O) groups is 2.